The third kappa shape index (κ3) is 5.61. The normalized spacial score (nSPS) is 12.9. The molecule has 1 aromatic rings. The SMILES string of the molecule is CC(C)Cn1ncnc1CC(O)(CC(C)C)CC(C)C. The summed E-state index contributed by atoms with van der Waals surface area (Å²) in [5.74, 6) is 2.38. The highest BCUT2D eigenvalue weighted by Gasteiger charge is 2.31. The summed E-state index contributed by atoms with van der Waals surface area (Å²) >= 11 is 0. The van der Waals surface area contributed by atoms with Crippen LogP contribution in [0.15, 0.2) is 6.33 Å². The molecule has 0 saturated carbocycles. The number of rotatable bonds is 8. The Balaban J connectivity index is 2.86. The summed E-state index contributed by atoms with van der Waals surface area (Å²) in [6.07, 6.45) is 3.80. The van der Waals surface area contributed by atoms with Gasteiger partial charge in [0.25, 0.3) is 0 Å². The Morgan fingerprint density at radius 2 is 1.60 bits per heavy atom. The van der Waals surface area contributed by atoms with Gasteiger partial charge < -0.3 is 5.11 Å². The van der Waals surface area contributed by atoms with E-state index in [0.29, 0.717) is 24.2 Å². The van der Waals surface area contributed by atoms with Crippen LogP contribution in [0.3, 0.4) is 0 Å². The van der Waals surface area contributed by atoms with E-state index in [1.807, 2.05) is 4.68 Å². The smallest absolute Gasteiger partial charge is 0.138 e. The van der Waals surface area contributed by atoms with Crippen LogP contribution in [0.1, 0.15) is 60.2 Å². The molecule has 1 N–H and O–H groups in total. The molecule has 0 radical (unpaired) electrons. The van der Waals surface area contributed by atoms with Crippen LogP contribution in [0.25, 0.3) is 0 Å². The van der Waals surface area contributed by atoms with E-state index in [-0.39, 0.29) is 0 Å². The van der Waals surface area contributed by atoms with Gasteiger partial charge in [-0.05, 0) is 30.6 Å². The third-order valence-corrected chi connectivity index (χ3v) is 3.30. The highest BCUT2D eigenvalue weighted by atomic mass is 16.3. The highest BCUT2D eigenvalue weighted by molar-refractivity contribution is 4.96. The van der Waals surface area contributed by atoms with E-state index in [1.54, 1.807) is 6.33 Å². The predicted molar refractivity (Wildman–Crippen MR) is 82.4 cm³/mol. The van der Waals surface area contributed by atoms with Crippen molar-refractivity contribution in [1.29, 1.82) is 0 Å². The van der Waals surface area contributed by atoms with Crippen LogP contribution in [0.5, 0.6) is 0 Å². The minimum atomic E-state index is -0.676. The molecule has 0 spiro atoms. The fraction of sp³-hybridized carbons (Fsp3) is 0.875. The molecule has 1 aromatic heterocycles. The molecule has 0 aliphatic rings. The first-order chi connectivity index (χ1) is 9.22. The Hall–Kier alpha value is -0.900. The van der Waals surface area contributed by atoms with Crippen molar-refractivity contribution in [3.63, 3.8) is 0 Å². The summed E-state index contributed by atoms with van der Waals surface area (Å²) in [4.78, 5) is 4.36. The maximum Gasteiger partial charge on any atom is 0.138 e. The zero-order valence-electron chi connectivity index (χ0n) is 13.9. The van der Waals surface area contributed by atoms with Gasteiger partial charge in [-0.2, -0.15) is 5.10 Å². The maximum atomic E-state index is 11.0. The Bertz CT molecular complexity index is 386. The van der Waals surface area contributed by atoms with Gasteiger partial charge in [-0.3, -0.25) is 0 Å². The number of aliphatic hydroxyl groups is 1. The van der Waals surface area contributed by atoms with E-state index in [2.05, 4.69) is 51.6 Å². The minimum Gasteiger partial charge on any atom is -0.389 e. The summed E-state index contributed by atoms with van der Waals surface area (Å²) in [6.45, 7) is 13.8. The second-order valence-electron chi connectivity index (χ2n) is 7.35. The van der Waals surface area contributed by atoms with Gasteiger partial charge in [-0.25, -0.2) is 9.67 Å². The van der Waals surface area contributed by atoms with E-state index in [4.69, 9.17) is 0 Å². The van der Waals surface area contributed by atoms with Crippen molar-refractivity contribution in [1.82, 2.24) is 14.8 Å². The Morgan fingerprint density at radius 1 is 1.05 bits per heavy atom. The molecule has 1 heterocycles. The largest absolute Gasteiger partial charge is 0.389 e. The zero-order chi connectivity index (χ0) is 15.3. The van der Waals surface area contributed by atoms with Crippen LogP contribution in [0, 0.1) is 17.8 Å². The molecular formula is C16H31N3O. The van der Waals surface area contributed by atoms with Crippen LogP contribution in [0.4, 0.5) is 0 Å². The standard InChI is InChI=1S/C16H31N3O/c1-12(2)7-16(20,8-13(3)4)9-15-17-11-18-19(15)10-14(5)6/h11-14,20H,7-10H2,1-6H3. The molecule has 0 aromatic carbocycles. The van der Waals surface area contributed by atoms with Crippen molar-refractivity contribution < 1.29 is 5.11 Å². The summed E-state index contributed by atoms with van der Waals surface area (Å²) in [5.41, 5.74) is -0.676. The van der Waals surface area contributed by atoms with E-state index < -0.39 is 5.60 Å². The van der Waals surface area contributed by atoms with Crippen molar-refractivity contribution >= 4 is 0 Å². The van der Waals surface area contributed by atoms with Crippen LogP contribution in [-0.4, -0.2) is 25.5 Å². The lowest BCUT2D eigenvalue weighted by atomic mass is 9.82. The molecule has 0 saturated heterocycles. The summed E-state index contributed by atoms with van der Waals surface area (Å²) in [5, 5.41) is 15.3. The molecule has 0 aliphatic heterocycles. The van der Waals surface area contributed by atoms with Gasteiger partial charge in [0, 0.05) is 13.0 Å². The Kier molecular flexibility index (Phi) is 6.18. The minimum absolute atomic E-state index is 0.472. The average Bonchev–Trinajstić information content (AvgIpc) is 2.60. The van der Waals surface area contributed by atoms with Crippen LogP contribution in [0.2, 0.25) is 0 Å². The predicted octanol–water partition coefficient (Wildman–Crippen LogP) is 3.30. The average molecular weight is 281 g/mol. The fourth-order valence-corrected chi connectivity index (χ4v) is 2.97. The first-order valence-electron chi connectivity index (χ1n) is 7.81. The van der Waals surface area contributed by atoms with Gasteiger partial charge in [0.1, 0.15) is 12.2 Å². The fourth-order valence-electron chi connectivity index (χ4n) is 2.97. The second kappa shape index (κ2) is 7.21. The molecule has 0 unspecified atom stereocenters. The van der Waals surface area contributed by atoms with Gasteiger partial charge in [0.05, 0.1) is 5.60 Å². The Labute approximate surface area is 123 Å². The number of nitrogens with zero attached hydrogens (tertiary/aromatic N) is 3. The molecule has 0 amide bonds. The van der Waals surface area contributed by atoms with Gasteiger partial charge in [0.2, 0.25) is 0 Å². The van der Waals surface area contributed by atoms with Crippen molar-refractivity contribution in [2.45, 2.75) is 73.0 Å². The second-order valence-corrected chi connectivity index (χ2v) is 7.35. The first kappa shape index (κ1) is 17.2. The van der Waals surface area contributed by atoms with Crippen molar-refractivity contribution in [2.75, 3.05) is 0 Å². The van der Waals surface area contributed by atoms with Gasteiger partial charge in [-0.15, -0.1) is 0 Å². The molecule has 20 heavy (non-hydrogen) atoms. The summed E-state index contributed by atoms with van der Waals surface area (Å²) in [7, 11) is 0. The van der Waals surface area contributed by atoms with Crippen molar-refractivity contribution in [2.24, 2.45) is 17.8 Å². The van der Waals surface area contributed by atoms with E-state index in [9.17, 15) is 5.11 Å². The lowest BCUT2D eigenvalue weighted by Crippen LogP contribution is -2.36. The van der Waals surface area contributed by atoms with Crippen LogP contribution >= 0.6 is 0 Å². The van der Waals surface area contributed by atoms with E-state index in [0.717, 1.165) is 25.2 Å². The third-order valence-electron chi connectivity index (χ3n) is 3.30. The molecule has 0 aliphatic carbocycles. The molecule has 0 bridgehead atoms. The van der Waals surface area contributed by atoms with Crippen molar-refractivity contribution in [3.8, 4) is 0 Å². The molecular weight excluding hydrogens is 250 g/mol. The van der Waals surface area contributed by atoms with Crippen molar-refractivity contribution in [3.05, 3.63) is 12.2 Å². The first-order valence-corrected chi connectivity index (χ1v) is 7.81. The summed E-state index contributed by atoms with van der Waals surface area (Å²) < 4.78 is 1.94. The quantitative estimate of drug-likeness (QED) is 0.795. The monoisotopic (exact) mass is 281 g/mol. The molecule has 1 rings (SSSR count). The lowest BCUT2D eigenvalue weighted by Gasteiger charge is -2.31. The van der Waals surface area contributed by atoms with Gasteiger partial charge >= 0.3 is 0 Å². The zero-order valence-corrected chi connectivity index (χ0v) is 13.9. The van der Waals surface area contributed by atoms with E-state index in [1.165, 1.54) is 0 Å². The molecule has 116 valence electrons. The molecule has 0 atom stereocenters. The van der Waals surface area contributed by atoms with E-state index >= 15 is 0 Å². The lowest BCUT2D eigenvalue weighted by molar-refractivity contribution is -0.00194. The Morgan fingerprint density at radius 3 is 2.05 bits per heavy atom. The maximum absolute atomic E-state index is 11.0. The molecule has 4 nitrogen and oxygen atoms in total. The highest BCUT2D eigenvalue weighted by Crippen LogP contribution is 2.28. The molecule has 4 heteroatoms. The van der Waals surface area contributed by atoms with Gasteiger partial charge in [-0.1, -0.05) is 41.5 Å². The topological polar surface area (TPSA) is 50.9 Å². The van der Waals surface area contributed by atoms with Crippen LogP contribution < -0.4 is 0 Å². The molecule has 0 fully saturated rings. The number of hydrogen-bond donors (Lipinski definition) is 1. The van der Waals surface area contributed by atoms with Gasteiger partial charge in [0.15, 0.2) is 0 Å². The number of hydrogen-bond acceptors (Lipinski definition) is 3. The number of aromatic nitrogens is 3. The summed E-state index contributed by atoms with van der Waals surface area (Å²) in [6, 6.07) is 0. The van der Waals surface area contributed by atoms with Crippen LogP contribution in [-0.2, 0) is 13.0 Å².